The number of rotatable bonds is 9. The SMILES string of the molecule is CCOC(=O)c1ccc(N=C2S[C@H](C(=O)Nc3ccc(OCC)cc3)CC(=O)N2Cc2ccc3c(c2)OCO3)cc1. The van der Waals surface area contributed by atoms with Crippen molar-refractivity contribution in [2.24, 2.45) is 4.99 Å². The Morgan fingerprint density at radius 1 is 1.00 bits per heavy atom. The maximum absolute atomic E-state index is 13.5. The van der Waals surface area contributed by atoms with E-state index in [0.29, 0.717) is 46.0 Å². The number of fused-ring (bicyclic) bond motifs is 1. The van der Waals surface area contributed by atoms with E-state index in [1.165, 1.54) is 11.8 Å². The number of ether oxygens (including phenoxy) is 4. The number of benzene rings is 3. The molecule has 0 bridgehead atoms. The summed E-state index contributed by atoms with van der Waals surface area (Å²) < 4.78 is 21.4. The van der Waals surface area contributed by atoms with E-state index in [1.54, 1.807) is 66.4 Å². The molecule has 1 fully saturated rings. The summed E-state index contributed by atoms with van der Waals surface area (Å²) in [7, 11) is 0. The predicted octanol–water partition coefficient (Wildman–Crippen LogP) is 5.15. The lowest BCUT2D eigenvalue weighted by atomic mass is 10.1. The molecule has 2 aliphatic rings. The number of anilines is 1. The molecule has 1 saturated heterocycles. The van der Waals surface area contributed by atoms with Gasteiger partial charge in [0.1, 0.15) is 11.0 Å². The molecule has 0 unspecified atom stereocenters. The van der Waals surface area contributed by atoms with Gasteiger partial charge in [0.05, 0.1) is 31.0 Å². The highest BCUT2D eigenvalue weighted by atomic mass is 32.2. The summed E-state index contributed by atoms with van der Waals surface area (Å²) in [4.78, 5) is 45.0. The molecule has 212 valence electrons. The van der Waals surface area contributed by atoms with Crippen LogP contribution in [0.25, 0.3) is 0 Å². The summed E-state index contributed by atoms with van der Waals surface area (Å²) in [5.41, 5.74) is 2.35. The fourth-order valence-electron chi connectivity index (χ4n) is 4.24. The number of carbonyl (C=O) groups is 3. The molecule has 0 spiro atoms. The molecule has 0 saturated carbocycles. The second-order valence-electron chi connectivity index (χ2n) is 9.09. The van der Waals surface area contributed by atoms with Gasteiger partial charge in [-0.2, -0.15) is 0 Å². The molecular formula is C30H29N3O7S. The Balaban J connectivity index is 1.38. The van der Waals surface area contributed by atoms with E-state index in [4.69, 9.17) is 23.9 Å². The molecule has 2 amide bonds. The number of carbonyl (C=O) groups excluding carboxylic acids is 3. The van der Waals surface area contributed by atoms with Gasteiger partial charge >= 0.3 is 5.97 Å². The minimum Gasteiger partial charge on any atom is -0.494 e. The van der Waals surface area contributed by atoms with Crippen LogP contribution in [0, 0.1) is 0 Å². The molecule has 3 aromatic rings. The monoisotopic (exact) mass is 575 g/mol. The second kappa shape index (κ2) is 12.8. The molecule has 41 heavy (non-hydrogen) atoms. The van der Waals surface area contributed by atoms with Crippen molar-refractivity contribution in [3.8, 4) is 17.2 Å². The first-order valence-electron chi connectivity index (χ1n) is 13.2. The number of nitrogens with one attached hydrogen (secondary N) is 1. The zero-order chi connectivity index (χ0) is 28.8. The van der Waals surface area contributed by atoms with Crippen molar-refractivity contribution < 1.29 is 33.3 Å². The first-order valence-corrected chi connectivity index (χ1v) is 14.1. The lowest BCUT2D eigenvalue weighted by Crippen LogP contribution is -2.44. The molecule has 11 heteroatoms. The Hall–Kier alpha value is -4.51. The van der Waals surface area contributed by atoms with Crippen LogP contribution in [0.15, 0.2) is 71.7 Å². The summed E-state index contributed by atoms with van der Waals surface area (Å²) >= 11 is 1.21. The number of hydrogen-bond acceptors (Lipinski definition) is 9. The molecular weight excluding hydrogens is 546 g/mol. The van der Waals surface area contributed by atoms with Crippen molar-refractivity contribution >= 4 is 46.1 Å². The third kappa shape index (κ3) is 6.80. The van der Waals surface area contributed by atoms with Crippen molar-refractivity contribution in [2.45, 2.75) is 32.1 Å². The van der Waals surface area contributed by atoms with Gasteiger partial charge in [-0.25, -0.2) is 9.79 Å². The van der Waals surface area contributed by atoms with E-state index in [0.717, 1.165) is 5.56 Å². The van der Waals surface area contributed by atoms with Crippen molar-refractivity contribution in [3.05, 3.63) is 77.9 Å². The molecule has 3 aromatic carbocycles. The maximum Gasteiger partial charge on any atom is 0.338 e. The first kappa shape index (κ1) is 28.0. The van der Waals surface area contributed by atoms with E-state index in [1.807, 2.05) is 19.1 Å². The molecule has 2 aliphatic heterocycles. The summed E-state index contributed by atoms with van der Waals surface area (Å²) in [6, 6.07) is 19.1. The molecule has 1 N–H and O–H groups in total. The smallest absolute Gasteiger partial charge is 0.338 e. The van der Waals surface area contributed by atoms with E-state index < -0.39 is 11.2 Å². The third-order valence-electron chi connectivity index (χ3n) is 6.25. The number of thioether (sulfide) groups is 1. The van der Waals surface area contributed by atoms with Crippen LogP contribution in [0.4, 0.5) is 11.4 Å². The van der Waals surface area contributed by atoms with Gasteiger partial charge in [-0.3, -0.25) is 14.5 Å². The fraction of sp³-hybridized carbons (Fsp3) is 0.267. The highest BCUT2D eigenvalue weighted by Gasteiger charge is 2.36. The Morgan fingerprint density at radius 2 is 1.76 bits per heavy atom. The van der Waals surface area contributed by atoms with Crippen LogP contribution < -0.4 is 19.5 Å². The highest BCUT2D eigenvalue weighted by molar-refractivity contribution is 8.15. The number of aliphatic imine (C=N–C) groups is 1. The van der Waals surface area contributed by atoms with Crippen LogP contribution in [-0.2, 0) is 20.9 Å². The van der Waals surface area contributed by atoms with Gasteiger partial charge < -0.3 is 24.3 Å². The largest absolute Gasteiger partial charge is 0.494 e. The summed E-state index contributed by atoms with van der Waals surface area (Å²) in [5, 5.41) is 2.56. The third-order valence-corrected chi connectivity index (χ3v) is 7.43. The normalized spacial score (nSPS) is 16.9. The minimum atomic E-state index is -0.695. The van der Waals surface area contributed by atoms with Crippen molar-refractivity contribution in [1.29, 1.82) is 0 Å². The first-order chi connectivity index (χ1) is 19.9. The summed E-state index contributed by atoms with van der Waals surface area (Å²) in [6.07, 6.45) is -0.00109. The second-order valence-corrected chi connectivity index (χ2v) is 10.3. The van der Waals surface area contributed by atoms with Crippen LogP contribution in [-0.4, -0.2) is 53.1 Å². The van der Waals surface area contributed by atoms with Crippen LogP contribution in [0.3, 0.4) is 0 Å². The van der Waals surface area contributed by atoms with Gasteiger partial charge in [0.2, 0.25) is 18.6 Å². The molecule has 0 aliphatic carbocycles. The van der Waals surface area contributed by atoms with Crippen LogP contribution in [0.1, 0.15) is 36.2 Å². The van der Waals surface area contributed by atoms with Crippen LogP contribution >= 0.6 is 11.8 Å². The van der Waals surface area contributed by atoms with Crippen LogP contribution in [0.5, 0.6) is 17.2 Å². The average Bonchev–Trinajstić information content (AvgIpc) is 3.44. The van der Waals surface area contributed by atoms with Gasteiger partial charge in [-0.1, -0.05) is 17.8 Å². The Kier molecular flexibility index (Phi) is 8.73. The van der Waals surface area contributed by atoms with Crippen molar-refractivity contribution in [3.63, 3.8) is 0 Å². The van der Waals surface area contributed by atoms with E-state index in [2.05, 4.69) is 5.32 Å². The zero-order valence-corrected chi connectivity index (χ0v) is 23.4. The lowest BCUT2D eigenvalue weighted by molar-refractivity contribution is -0.129. The highest BCUT2D eigenvalue weighted by Crippen LogP contribution is 2.35. The number of amides is 2. The number of esters is 1. The average molecular weight is 576 g/mol. The molecule has 1 atom stereocenters. The molecule has 0 aromatic heterocycles. The molecule has 0 radical (unpaired) electrons. The van der Waals surface area contributed by atoms with Gasteiger partial charge in [0.15, 0.2) is 16.7 Å². The molecule has 2 heterocycles. The van der Waals surface area contributed by atoms with E-state index in [-0.39, 0.29) is 38.2 Å². The topological polar surface area (TPSA) is 116 Å². The van der Waals surface area contributed by atoms with Crippen LogP contribution in [0.2, 0.25) is 0 Å². The Morgan fingerprint density at radius 3 is 2.49 bits per heavy atom. The van der Waals surface area contributed by atoms with Crippen molar-refractivity contribution in [2.75, 3.05) is 25.3 Å². The van der Waals surface area contributed by atoms with Gasteiger partial charge in [0.25, 0.3) is 0 Å². The lowest BCUT2D eigenvalue weighted by Gasteiger charge is -2.32. The quantitative estimate of drug-likeness (QED) is 0.348. The van der Waals surface area contributed by atoms with Gasteiger partial charge in [0, 0.05) is 12.1 Å². The van der Waals surface area contributed by atoms with E-state index >= 15 is 0 Å². The van der Waals surface area contributed by atoms with Crippen molar-refractivity contribution in [1.82, 2.24) is 4.90 Å². The summed E-state index contributed by atoms with van der Waals surface area (Å²) in [5.74, 6) is 0.991. The number of nitrogens with zero attached hydrogens (tertiary/aromatic N) is 2. The Labute approximate surface area is 241 Å². The number of amidine groups is 1. The summed E-state index contributed by atoms with van der Waals surface area (Å²) in [6.45, 7) is 4.84. The van der Waals surface area contributed by atoms with Gasteiger partial charge in [-0.05, 0) is 80.1 Å². The maximum atomic E-state index is 13.5. The number of hydrogen-bond donors (Lipinski definition) is 1. The Bertz CT molecular complexity index is 1460. The zero-order valence-electron chi connectivity index (χ0n) is 22.6. The fourth-order valence-corrected chi connectivity index (χ4v) is 5.34. The predicted molar refractivity (Wildman–Crippen MR) is 155 cm³/mol. The standard InChI is InChI=1S/C30H29N3O7S/c1-3-37-23-12-10-21(11-13-23)31-28(35)26-16-27(34)33(17-19-5-14-24-25(15-19)40-18-39-24)30(41-26)32-22-8-6-20(7-9-22)29(36)38-4-2/h5-15,26H,3-4,16-18H2,1-2H3,(H,31,35)/t26-/m0/s1. The van der Waals surface area contributed by atoms with E-state index in [9.17, 15) is 14.4 Å². The minimum absolute atomic E-state index is 0.00109. The molecule has 10 nitrogen and oxygen atoms in total. The van der Waals surface area contributed by atoms with Gasteiger partial charge in [-0.15, -0.1) is 0 Å². The molecule has 5 rings (SSSR count).